The third-order valence-corrected chi connectivity index (χ3v) is 4.43. The van der Waals surface area contributed by atoms with Crippen LogP contribution >= 0.6 is 0 Å². The Labute approximate surface area is 141 Å². The fourth-order valence-corrected chi connectivity index (χ4v) is 3.06. The summed E-state index contributed by atoms with van der Waals surface area (Å²) in [4.78, 5) is 37.9. The second-order valence-electron chi connectivity index (χ2n) is 6.25. The zero-order valence-corrected chi connectivity index (χ0v) is 14.1. The second-order valence-corrected chi connectivity index (χ2v) is 6.25. The van der Waals surface area contributed by atoms with Crippen molar-refractivity contribution in [2.75, 3.05) is 13.1 Å². The summed E-state index contributed by atoms with van der Waals surface area (Å²) < 4.78 is 0. The zero-order valence-electron chi connectivity index (χ0n) is 14.1. The van der Waals surface area contributed by atoms with Gasteiger partial charge in [-0.05, 0) is 38.3 Å². The van der Waals surface area contributed by atoms with Gasteiger partial charge in [0.05, 0.1) is 5.56 Å². The third-order valence-electron chi connectivity index (χ3n) is 4.43. The smallest absolute Gasteiger partial charge is 0.255 e. The lowest BCUT2D eigenvalue weighted by atomic mass is 9.96. The molecule has 0 radical (unpaired) electrons. The van der Waals surface area contributed by atoms with Gasteiger partial charge in [-0.25, -0.2) is 4.98 Å². The molecule has 1 fully saturated rings. The Balaban J connectivity index is 1.79. The van der Waals surface area contributed by atoms with Crippen LogP contribution < -0.4 is 5.56 Å². The van der Waals surface area contributed by atoms with Gasteiger partial charge in [0.2, 0.25) is 0 Å². The summed E-state index contributed by atoms with van der Waals surface area (Å²) in [7, 11) is 0. The molecule has 0 aliphatic carbocycles. The van der Waals surface area contributed by atoms with Gasteiger partial charge in [0.15, 0.2) is 0 Å². The minimum atomic E-state index is -0.122. The summed E-state index contributed by atoms with van der Waals surface area (Å²) in [6, 6.07) is 5.19. The summed E-state index contributed by atoms with van der Waals surface area (Å²) in [6.07, 6.45) is 4.17. The number of carbonyl (C=O) groups excluding carboxylic acids is 1. The fraction of sp³-hybridized carbons (Fsp3) is 0.444. The van der Waals surface area contributed by atoms with Crippen LogP contribution in [0, 0.1) is 6.92 Å². The summed E-state index contributed by atoms with van der Waals surface area (Å²) >= 11 is 0. The van der Waals surface area contributed by atoms with Gasteiger partial charge in [-0.2, -0.15) is 0 Å². The molecule has 6 nitrogen and oxygen atoms in total. The Hall–Kier alpha value is -2.50. The molecule has 1 amide bonds. The van der Waals surface area contributed by atoms with E-state index in [9.17, 15) is 9.59 Å². The Morgan fingerprint density at radius 3 is 2.96 bits per heavy atom. The Kier molecular flexibility index (Phi) is 4.74. The van der Waals surface area contributed by atoms with Gasteiger partial charge in [0.25, 0.3) is 11.5 Å². The Bertz CT molecular complexity index is 782. The number of aromatic nitrogens is 3. The molecule has 1 N–H and O–H groups in total. The molecule has 1 saturated heterocycles. The number of nitrogens with zero attached hydrogens (tertiary/aromatic N) is 3. The van der Waals surface area contributed by atoms with Crippen molar-refractivity contribution in [3.05, 3.63) is 57.5 Å². The van der Waals surface area contributed by atoms with Crippen molar-refractivity contribution in [1.29, 1.82) is 0 Å². The third kappa shape index (κ3) is 3.53. The summed E-state index contributed by atoms with van der Waals surface area (Å²) in [5.41, 5.74) is 2.16. The molecule has 1 unspecified atom stereocenters. The van der Waals surface area contributed by atoms with Crippen molar-refractivity contribution in [3.8, 4) is 0 Å². The number of H-pyrrole nitrogens is 1. The Morgan fingerprint density at radius 1 is 1.42 bits per heavy atom. The van der Waals surface area contributed by atoms with E-state index in [2.05, 4.69) is 15.0 Å². The van der Waals surface area contributed by atoms with Gasteiger partial charge in [-0.1, -0.05) is 6.92 Å². The van der Waals surface area contributed by atoms with Crippen LogP contribution in [0.4, 0.5) is 0 Å². The highest BCUT2D eigenvalue weighted by atomic mass is 16.2. The number of piperidine rings is 1. The minimum absolute atomic E-state index is 0.0128. The maximum Gasteiger partial charge on any atom is 0.255 e. The van der Waals surface area contributed by atoms with Crippen LogP contribution in [0.5, 0.6) is 0 Å². The zero-order chi connectivity index (χ0) is 17.1. The molecule has 6 heteroatoms. The van der Waals surface area contributed by atoms with Crippen LogP contribution in [0.1, 0.15) is 53.3 Å². The molecule has 2 aromatic heterocycles. The number of hydrogen-bond acceptors (Lipinski definition) is 4. The van der Waals surface area contributed by atoms with Crippen molar-refractivity contribution in [2.45, 2.75) is 39.0 Å². The molecule has 1 atom stereocenters. The lowest BCUT2D eigenvalue weighted by molar-refractivity contribution is 0.0704. The van der Waals surface area contributed by atoms with Crippen LogP contribution in [-0.4, -0.2) is 38.8 Å². The number of hydrogen-bond donors (Lipinski definition) is 1. The molecule has 3 rings (SSSR count). The number of pyridine rings is 1. The van der Waals surface area contributed by atoms with Gasteiger partial charge in [0, 0.05) is 42.7 Å². The standard InChI is InChI=1S/C18H22N4O2/c1-3-15-9-16(23)21-17(20-15)14-5-4-8-22(11-14)18(24)13-7-6-12(2)19-10-13/h6-7,9-10,14H,3-5,8,11H2,1-2H3,(H,20,21,23). The molecule has 24 heavy (non-hydrogen) atoms. The predicted molar refractivity (Wildman–Crippen MR) is 91.1 cm³/mol. The van der Waals surface area contributed by atoms with Gasteiger partial charge in [0.1, 0.15) is 5.82 Å². The van der Waals surface area contributed by atoms with E-state index in [4.69, 9.17) is 0 Å². The molecule has 0 bridgehead atoms. The van der Waals surface area contributed by atoms with Crippen LogP contribution in [0.2, 0.25) is 0 Å². The maximum atomic E-state index is 12.7. The number of aromatic amines is 1. The van der Waals surface area contributed by atoms with Gasteiger partial charge >= 0.3 is 0 Å². The predicted octanol–water partition coefficient (Wildman–Crippen LogP) is 2.06. The van der Waals surface area contributed by atoms with Crippen molar-refractivity contribution < 1.29 is 4.79 Å². The molecule has 1 aliphatic rings. The minimum Gasteiger partial charge on any atom is -0.338 e. The molecular weight excluding hydrogens is 304 g/mol. The lowest BCUT2D eigenvalue weighted by Gasteiger charge is -2.32. The highest BCUT2D eigenvalue weighted by Crippen LogP contribution is 2.25. The molecule has 0 spiro atoms. The molecule has 3 heterocycles. The van der Waals surface area contributed by atoms with E-state index in [1.165, 1.54) is 6.07 Å². The Morgan fingerprint density at radius 2 is 2.25 bits per heavy atom. The SMILES string of the molecule is CCc1cc(=O)[nH]c(C2CCCN(C(=O)c3ccc(C)nc3)C2)n1. The van der Waals surface area contributed by atoms with E-state index < -0.39 is 0 Å². The van der Waals surface area contributed by atoms with Crippen LogP contribution in [0.15, 0.2) is 29.2 Å². The number of rotatable bonds is 3. The second kappa shape index (κ2) is 6.95. The first-order valence-corrected chi connectivity index (χ1v) is 8.39. The molecule has 0 aromatic carbocycles. The van der Waals surface area contributed by atoms with Gasteiger partial charge in [-0.3, -0.25) is 14.6 Å². The molecular formula is C18H22N4O2. The number of amides is 1. The maximum absolute atomic E-state index is 12.7. The van der Waals surface area contributed by atoms with Gasteiger partial charge in [-0.15, -0.1) is 0 Å². The van der Waals surface area contributed by atoms with E-state index >= 15 is 0 Å². The monoisotopic (exact) mass is 326 g/mol. The van der Waals surface area contributed by atoms with Crippen LogP contribution in [0.3, 0.4) is 0 Å². The quantitative estimate of drug-likeness (QED) is 0.936. The van der Waals surface area contributed by atoms with E-state index in [1.807, 2.05) is 30.9 Å². The highest BCUT2D eigenvalue weighted by molar-refractivity contribution is 5.94. The number of nitrogens with one attached hydrogen (secondary N) is 1. The summed E-state index contributed by atoms with van der Waals surface area (Å²) in [5.74, 6) is 0.750. The first-order valence-electron chi connectivity index (χ1n) is 8.39. The summed E-state index contributed by atoms with van der Waals surface area (Å²) in [5, 5.41) is 0. The average molecular weight is 326 g/mol. The van der Waals surface area contributed by atoms with Crippen molar-refractivity contribution in [1.82, 2.24) is 19.9 Å². The fourth-order valence-electron chi connectivity index (χ4n) is 3.06. The summed E-state index contributed by atoms with van der Waals surface area (Å²) in [6.45, 7) is 5.17. The largest absolute Gasteiger partial charge is 0.338 e. The molecule has 1 aliphatic heterocycles. The number of likely N-dealkylation sites (tertiary alicyclic amines) is 1. The normalized spacial score (nSPS) is 17.8. The van der Waals surface area contributed by atoms with Crippen LogP contribution in [-0.2, 0) is 6.42 Å². The van der Waals surface area contributed by atoms with Crippen molar-refractivity contribution in [3.63, 3.8) is 0 Å². The molecule has 0 saturated carbocycles. The van der Waals surface area contributed by atoms with Crippen molar-refractivity contribution in [2.24, 2.45) is 0 Å². The first-order chi connectivity index (χ1) is 11.6. The molecule has 2 aromatic rings. The number of aryl methyl sites for hydroxylation is 2. The average Bonchev–Trinajstić information content (AvgIpc) is 2.61. The van der Waals surface area contributed by atoms with Gasteiger partial charge < -0.3 is 9.88 Å². The topological polar surface area (TPSA) is 79.0 Å². The molecule has 126 valence electrons. The van der Waals surface area contributed by atoms with E-state index in [0.29, 0.717) is 17.9 Å². The highest BCUT2D eigenvalue weighted by Gasteiger charge is 2.27. The lowest BCUT2D eigenvalue weighted by Crippen LogP contribution is -2.40. The van der Waals surface area contributed by atoms with Crippen molar-refractivity contribution >= 4 is 5.91 Å². The van der Waals surface area contributed by atoms with Crippen LogP contribution in [0.25, 0.3) is 0 Å². The first kappa shape index (κ1) is 16.4. The van der Waals surface area contributed by atoms with E-state index in [0.717, 1.165) is 37.2 Å². The van der Waals surface area contributed by atoms with E-state index in [1.54, 1.807) is 6.20 Å². The number of carbonyl (C=O) groups is 1. The van der Waals surface area contributed by atoms with E-state index in [-0.39, 0.29) is 17.4 Å².